The first-order valence-corrected chi connectivity index (χ1v) is 8.00. The minimum absolute atomic E-state index is 0.0679. The fourth-order valence-electron chi connectivity index (χ4n) is 2.43. The van der Waals surface area contributed by atoms with Crippen LogP contribution in [0.25, 0.3) is 16.7 Å². The molecule has 0 saturated carbocycles. The average Bonchev–Trinajstić information content (AvgIpc) is 2.98. The van der Waals surface area contributed by atoms with E-state index in [0.29, 0.717) is 12.1 Å². The number of nitrogens with zero attached hydrogens (tertiary/aromatic N) is 2. The van der Waals surface area contributed by atoms with Crippen molar-refractivity contribution >= 4 is 28.5 Å². The summed E-state index contributed by atoms with van der Waals surface area (Å²) in [5, 5.41) is 3.60. The molecule has 0 saturated heterocycles. The lowest BCUT2D eigenvalue weighted by atomic mass is 10.1. The summed E-state index contributed by atoms with van der Waals surface area (Å²) in [7, 11) is 0. The van der Waals surface area contributed by atoms with Crippen LogP contribution in [-0.4, -0.2) is 22.0 Å². The average molecular weight is 328 g/mol. The van der Waals surface area contributed by atoms with E-state index in [0.717, 1.165) is 33.7 Å². The number of halogens is 1. The van der Waals surface area contributed by atoms with E-state index in [4.69, 9.17) is 11.6 Å². The van der Waals surface area contributed by atoms with Gasteiger partial charge in [-0.1, -0.05) is 24.6 Å². The summed E-state index contributed by atoms with van der Waals surface area (Å²) in [6, 6.07) is 11.4. The maximum Gasteiger partial charge on any atom is 0.251 e. The van der Waals surface area contributed by atoms with Crippen molar-refractivity contribution < 1.29 is 4.79 Å². The molecule has 2 aromatic carbocycles. The molecule has 0 spiro atoms. The third-order valence-corrected chi connectivity index (χ3v) is 4.19. The fraction of sp³-hybridized carbons (Fsp3) is 0.222. The number of aromatic nitrogens is 2. The molecule has 4 nitrogen and oxygen atoms in total. The van der Waals surface area contributed by atoms with Crippen molar-refractivity contribution in [2.75, 3.05) is 6.54 Å². The molecule has 0 atom stereocenters. The molecule has 3 aromatic rings. The predicted molar refractivity (Wildman–Crippen MR) is 93.4 cm³/mol. The molecule has 0 aliphatic rings. The molecule has 0 aliphatic heterocycles. The van der Waals surface area contributed by atoms with Crippen molar-refractivity contribution in [1.29, 1.82) is 0 Å². The van der Waals surface area contributed by atoms with Gasteiger partial charge in [-0.2, -0.15) is 0 Å². The van der Waals surface area contributed by atoms with Crippen LogP contribution in [-0.2, 0) is 0 Å². The predicted octanol–water partition coefficient (Wildman–Crippen LogP) is 4.13. The van der Waals surface area contributed by atoms with Crippen LogP contribution in [0.1, 0.15) is 29.3 Å². The molecule has 3 rings (SSSR count). The van der Waals surface area contributed by atoms with Crippen LogP contribution in [0.2, 0.25) is 5.02 Å². The minimum atomic E-state index is -0.0679. The molecule has 0 unspecified atom stereocenters. The van der Waals surface area contributed by atoms with Gasteiger partial charge in [0, 0.05) is 22.8 Å². The van der Waals surface area contributed by atoms with E-state index in [9.17, 15) is 4.79 Å². The molecule has 1 heterocycles. The number of hydrogen-bond donors (Lipinski definition) is 1. The first kappa shape index (κ1) is 15.6. The second-order valence-corrected chi connectivity index (χ2v) is 5.91. The Labute approximate surface area is 140 Å². The van der Waals surface area contributed by atoms with Gasteiger partial charge in [-0.15, -0.1) is 0 Å². The number of rotatable bonds is 4. The second-order valence-electron chi connectivity index (χ2n) is 5.51. The summed E-state index contributed by atoms with van der Waals surface area (Å²) in [6.45, 7) is 4.67. The van der Waals surface area contributed by atoms with Crippen LogP contribution >= 0.6 is 11.6 Å². The molecule has 23 heavy (non-hydrogen) atoms. The van der Waals surface area contributed by atoms with Gasteiger partial charge in [0.05, 0.1) is 11.0 Å². The maximum absolute atomic E-state index is 12.0. The van der Waals surface area contributed by atoms with Crippen LogP contribution in [0.15, 0.2) is 42.7 Å². The smallest absolute Gasteiger partial charge is 0.251 e. The summed E-state index contributed by atoms with van der Waals surface area (Å²) >= 11 is 6.21. The van der Waals surface area contributed by atoms with Crippen molar-refractivity contribution in [1.82, 2.24) is 14.9 Å². The number of carbonyl (C=O) groups excluding carboxylic acids is 1. The highest BCUT2D eigenvalue weighted by atomic mass is 35.5. The molecule has 1 N–H and O–H groups in total. The lowest BCUT2D eigenvalue weighted by Gasteiger charge is -2.07. The molecule has 0 fully saturated rings. The Kier molecular flexibility index (Phi) is 4.35. The number of aryl methyl sites for hydroxylation is 1. The molecular formula is C18H18ClN3O. The van der Waals surface area contributed by atoms with Crippen molar-refractivity contribution in [3.05, 3.63) is 58.9 Å². The fourth-order valence-corrected chi connectivity index (χ4v) is 2.61. The summed E-state index contributed by atoms with van der Waals surface area (Å²) in [5.41, 5.74) is 4.34. The normalized spacial score (nSPS) is 10.9. The van der Waals surface area contributed by atoms with Crippen LogP contribution in [0, 0.1) is 6.92 Å². The minimum Gasteiger partial charge on any atom is -0.352 e. The van der Waals surface area contributed by atoms with E-state index in [2.05, 4.69) is 10.3 Å². The maximum atomic E-state index is 12.0. The zero-order valence-electron chi connectivity index (χ0n) is 13.1. The van der Waals surface area contributed by atoms with Gasteiger partial charge in [0.2, 0.25) is 0 Å². The second kappa shape index (κ2) is 6.42. The number of amides is 1. The molecule has 0 aliphatic carbocycles. The molecule has 5 heteroatoms. The van der Waals surface area contributed by atoms with E-state index >= 15 is 0 Å². The summed E-state index contributed by atoms with van der Waals surface area (Å²) in [4.78, 5) is 16.5. The van der Waals surface area contributed by atoms with Gasteiger partial charge in [0.25, 0.3) is 5.91 Å². The monoisotopic (exact) mass is 327 g/mol. The Balaban J connectivity index is 1.98. The van der Waals surface area contributed by atoms with Gasteiger partial charge in [0.1, 0.15) is 6.33 Å². The Morgan fingerprint density at radius 1 is 1.26 bits per heavy atom. The Bertz CT molecular complexity index is 870. The van der Waals surface area contributed by atoms with E-state index in [-0.39, 0.29) is 5.91 Å². The third kappa shape index (κ3) is 3.08. The highest BCUT2D eigenvalue weighted by Crippen LogP contribution is 2.23. The topological polar surface area (TPSA) is 46.9 Å². The standard InChI is InChI=1S/C18H18ClN3O/c1-3-8-20-18(23)13-5-7-17-16(9-13)21-11-22(17)14-6-4-12(2)15(19)10-14/h4-7,9-11H,3,8H2,1-2H3,(H,20,23). The van der Waals surface area contributed by atoms with E-state index in [1.165, 1.54) is 0 Å². The summed E-state index contributed by atoms with van der Waals surface area (Å²) in [6.07, 6.45) is 2.66. The quantitative estimate of drug-likeness (QED) is 0.783. The van der Waals surface area contributed by atoms with Crippen molar-refractivity contribution in [2.45, 2.75) is 20.3 Å². The molecule has 0 radical (unpaired) electrons. The third-order valence-electron chi connectivity index (χ3n) is 3.78. The van der Waals surface area contributed by atoms with Gasteiger partial charge >= 0.3 is 0 Å². The van der Waals surface area contributed by atoms with Gasteiger partial charge < -0.3 is 5.32 Å². The Hall–Kier alpha value is -2.33. The van der Waals surface area contributed by atoms with Gasteiger partial charge in [-0.05, 0) is 49.2 Å². The Morgan fingerprint density at radius 2 is 2.09 bits per heavy atom. The largest absolute Gasteiger partial charge is 0.352 e. The molecule has 118 valence electrons. The van der Waals surface area contributed by atoms with Crippen LogP contribution in [0.4, 0.5) is 0 Å². The van der Waals surface area contributed by atoms with Crippen molar-refractivity contribution in [3.8, 4) is 5.69 Å². The summed E-state index contributed by atoms with van der Waals surface area (Å²) < 4.78 is 1.97. The zero-order chi connectivity index (χ0) is 16.4. The van der Waals surface area contributed by atoms with Gasteiger partial charge in [0.15, 0.2) is 0 Å². The molecule has 0 bridgehead atoms. The van der Waals surface area contributed by atoms with E-state index < -0.39 is 0 Å². The van der Waals surface area contributed by atoms with E-state index in [1.807, 2.05) is 54.8 Å². The Morgan fingerprint density at radius 3 is 2.83 bits per heavy atom. The lowest BCUT2D eigenvalue weighted by molar-refractivity contribution is 0.0954. The van der Waals surface area contributed by atoms with Crippen molar-refractivity contribution in [2.24, 2.45) is 0 Å². The van der Waals surface area contributed by atoms with Crippen LogP contribution < -0.4 is 5.32 Å². The number of hydrogen-bond acceptors (Lipinski definition) is 2. The molecule has 1 amide bonds. The van der Waals surface area contributed by atoms with Crippen LogP contribution in [0.5, 0.6) is 0 Å². The number of imidazole rings is 1. The summed E-state index contributed by atoms with van der Waals surface area (Å²) in [5.74, 6) is -0.0679. The SMILES string of the molecule is CCCNC(=O)c1ccc2c(c1)ncn2-c1ccc(C)c(Cl)c1. The number of fused-ring (bicyclic) bond motifs is 1. The highest BCUT2D eigenvalue weighted by Gasteiger charge is 2.10. The van der Waals surface area contributed by atoms with Gasteiger partial charge in [-0.25, -0.2) is 4.98 Å². The van der Waals surface area contributed by atoms with Crippen molar-refractivity contribution in [3.63, 3.8) is 0 Å². The lowest BCUT2D eigenvalue weighted by Crippen LogP contribution is -2.23. The highest BCUT2D eigenvalue weighted by molar-refractivity contribution is 6.31. The first-order valence-electron chi connectivity index (χ1n) is 7.62. The molecular weight excluding hydrogens is 310 g/mol. The molecule has 1 aromatic heterocycles. The van der Waals surface area contributed by atoms with Crippen LogP contribution in [0.3, 0.4) is 0 Å². The number of carbonyl (C=O) groups is 1. The number of nitrogens with one attached hydrogen (secondary N) is 1. The first-order chi connectivity index (χ1) is 11.1. The van der Waals surface area contributed by atoms with Gasteiger partial charge in [-0.3, -0.25) is 9.36 Å². The van der Waals surface area contributed by atoms with E-state index in [1.54, 1.807) is 6.33 Å². The number of benzene rings is 2. The zero-order valence-corrected chi connectivity index (χ0v) is 13.9.